The van der Waals surface area contributed by atoms with Gasteiger partial charge >= 0.3 is 11.1 Å². The van der Waals surface area contributed by atoms with Crippen molar-refractivity contribution < 1.29 is 0 Å². The van der Waals surface area contributed by atoms with E-state index in [0.29, 0.717) is 11.0 Å². The molecule has 19 heavy (non-hydrogen) atoms. The Labute approximate surface area is 109 Å². The van der Waals surface area contributed by atoms with E-state index < -0.39 is 11.1 Å². The molecule has 1 fully saturated rings. The van der Waals surface area contributed by atoms with Crippen LogP contribution in [0.5, 0.6) is 0 Å². The molecule has 0 aliphatic heterocycles. The number of hydrogen-bond donors (Lipinski definition) is 3. The third kappa shape index (κ3) is 2.33. The normalized spacial score (nSPS) is 17.3. The number of aromatic nitrogens is 2. The van der Waals surface area contributed by atoms with Gasteiger partial charge in [-0.25, -0.2) is 0 Å². The molecule has 1 heterocycles. The molecular weight excluding hydrogens is 242 g/mol. The highest BCUT2D eigenvalue weighted by Gasteiger charge is 2.21. The van der Waals surface area contributed by atoms with Gasteiger partial charge in [-0.1, -0.05) is 25.3 Å². The summed E-state index contributed by atoms with van der Waals surface area (Å²) in [5.41, 5.74) is 7.21. The fourth-order valence-corrected chi connectivity index (χ4v) is 2.59. The van der Waals surface area contributed by atoms with Crippen LogP contribution in [0, 0.1) is 5.92 Å². The van der Waals surface area contributed by atoms with E-state index >= 15 is 0 Å². The second kappa shape index (κ2) is 4.66. The summed E-state index contributed by atoms with van der Waals surface area (Å²) in [4.78, 5) is 27.7. The Morgan fingerprint density at radius 2 is 1.84 bits per heavy atom. The van der Waals surface area contributed by atoms with Crippen molar-refractivity contribution >= 4 is 11.0 Å². The fraction of sp³-hybridized carbons (Fsp3) is 0.429. The molecule has 1 aliphatic rings. The molecule has 0 radical (unpaired) electrons. The third-order valence-electron chi connectivity index (χ3n) is 3.99. The first kappa shape index (κ1) is 12.2. The van der Waals surface area contributed by atoms with E-state index in [2.05, 4.69) is 9.97 Å². The smallest absolute Gasteiger partial charge is 0.314 e. The van der Waals surface area contributed by atoms with E-state index in [1.807, 2.05) is 12.1 Å². The largest absolute Gasteiger partial charge is 0.324 e. The van der Waals surface area contributed by atoms with Crippen LogP contribution in [0.4, 0.5) is 0 Å². The monoisotopic (exact) mass is 259 g/mol. The Balaban J connectivity index is 1.93. The number of hydrogen-bond acceptors (Lipinski definition) is 3. The van der Waals surface area contributed by atoms with E-state index in [-0.39, 0.29) is 6.04 Å². The van der Waals surface area contributed by atoms with Crippen LogP contribution >= 0.6 is 0 Å². The number of nitrogens with two attached hydrogens (primary N) is 1. The van der Waals surface area contributed by atoms with Gasteiger partial charge in [0.1, 0.15) is 0 Å². The Morgan fingerprint density at radius 3 is 2.47 bits per heavy atom. The summed E-state index contributed by atoms with van der Waals surface area (Å²) >= 11 is 0. The van der Waals surface area contributed by atoms with Crippen molar-refractivity contribution in [3.8, 4) is 0 Å². The average Bonchev–Trinajstić information content (AvgIpc) is 2.34. The van der Waals surface area contributed by atoms with Gasteiger partial charge in [0.15, 0.2) is 0 Å². The van der Waals surface area contributed by atoms with Gasteiger partial charge in [0.05, 0.1) is 11.0 Å². The van der Waals surface area contributed by atoms with Crippen LogP contribution in [-0.4, -0.2) is 9.97 Å². The van der Waals surface area contributed by atoms with Crippen molar-refractivity contribution in [1.29, 1.82) is 0 Å². The fourth-order valence-electron chi connectivity index (χ4n) is 2.59. The molecule has 5 heteroatoms. The maximum absolute atomic E-state index is 11.3. The summed E-state index contributed by atoms with van der Waals surface area (Å²) in [6.07, 6.45) is 4.83. The Bertz CT molecular complexity index is 712. The number of benzene rings is 1. The first-order valence-corrected chi connectivity index (χ1v) is 6.65. The number of H-pyrrole nitrogens is 2. The van der Waals surface area contributed by atoms with Gasteiger partial charge in [-0.3, -0.25) is 9.59 Å². The van der Waals surface area contributed by atoms with Gasteiger partial charge < -0.3 is 15.7 Å². The van der Waals surface area contributed by atoms with Gasteiger partial charge in [-0.15, -0.1) is 0 Å². The maximum Gasteiger partial charge on any atom is 0.314 e. The molecule has 0 saturated heterocycles. The second-order valence-electron chi connectivity index (χ2n) is 5.35. The molecule has 1 aromatic carbocycles. The lowest BCUT2D eigenvalue weighted by atomic mass is 9.80. The standard InChI is InChI=1S/C14H17N3O2/c15-10(6-8-2-1-3-8)9-4-5-11-12(7-9)17-14(19)13(18)16-11/h4-5,7-8,10H,1-3,6,15H2,(H,16,18)(H,17,19). The van der Waals surface area contributed by atoms with Crippen molar-refractivity contribution in [3.05, 3.63) is 44.5 Å². The predicted octanol–water partition coefficient (Wildman–Crippen LogP) is 1.41. The summed E-state index contributed by atoms with van der Waals surface area (Å²) in [6, 6.07) is 5.56. The van der Waals surface area contributed by atoms with E-state index in [1.54, 1.807) is 6.07 Å². The summed E-state index contributed by atoms with van der Waals surface area (Å²) in [5, 5.41) is 0. The zero-order valence-electron chi connectivity index (χ0n) is 10.6. The molecule has 3 rings (SSSR count). The van der Waals surface area contributed by atoms with Gasteiger partial charge in [0, 0.05) is 6.04 Å². The van der Waals surface area contributed by atoms with Crippen LogP contribution in [0.3, 0.4) is 0 Å². The lowest BCUT2D eigenvalue weighted by molar-refractivity contribution is 0.277. The molecule has 1 saturated carbocycles. The highest BCUT2D eigenvalue weighted by atomic mass is 16.2. The quantitative estimate of drug-likeness (QED) is 0.728. The Hall–Kier alpha value is -1.88. The molecule has 4 N–H and O–H groups in total. The number of nitrogens with one attached hydrogen (secondary N) is 2. The van der Waals surface area contributed by atoms with Crippen LogP contribution in [0.1, 0.15) is 37.3 Å². The Morgan fingerprint density at radius 1 is 1.16 bits per heavy atom. The molecule has 0 spiro atoms. The molecule has 1 aliphatic carbocycles. The topological polar surface area (TPSA) is 91.7 Å². The van der Waals surface area contributed by atoms with Crippen molar-refractivity contribution in [3.63, 3.8) is 0 Å². The molecule has 2 aromatic rings. The van der Waals surface area contributed by atoms with Gasteiger partial charge in [0.25, 0.3) is 0 Å². The summed E-state index contributed by atoms with van der Waals surface area (Å²) in [7, 11) is 0. The van der Waals surface area contributed by atoms with Crippen LogP contribution in [0.15, 0.2) is 27.8 Å². The lowest BCUT2D eigenvalue weighted by Gasteiger charge is -2.28. The molecule has 1 atom stereocenters. The van der Waals surface area contributed by atoms with E-state index in [9.17, 15) is 9.59 Å². The van der Waals surface area contributed by atoms with Gasteiger partial charge in [-0.2, -0.15) is 0 Å². The van der Waals surface area contributed by atoms with Crippen LogP contribution in [0.25, 0.3) is 11.0 Å². The molecule has 1 aromatic heterocycles. The highest BCUT2D eigenvalue weighted by molar-refractivity contribution is 5.74. The van der Waals surface area contributed by atoms with Crippen molar-refractivity contribution in [2.24, 2.45) is 11.7 Å². The van der Waals surface area contributed by atoms with Crippen molar-refractivity contribution in [2.75, 3.05) is 0 Å². The molecule has 100 valence electrons. The molecule has 1 unspecified atom stereocenters. The van der Waals surface area contributed by atoms with Crippen LogP contribution in [-0.2, 0) is 0 Å². The van der Waals surface area contributed by atoms with Gasteiger partial charge in [0.2, 0.25) is 0 Å². The average molecular weight is 259 g/mol. The Kier molecular flexibility index (Phi) is 2.98. The molecule has 5 nitrogen and oxygen atoms in total. The van der Waals surface area contributed by atoms with E-state index in [0.717, 1.165) is 17.9 Å². The minimum Gasteiger partial charge on any atom is -0.324 e. The molecule has 0 bridgehead atoms. The van der Waals surface area contributed by atoms with Crippen molar-refractivity contribution in [2.45, 2.75) is 31.7 Å². The predicted molar refractivity (Wildman–Crippen MR) is 74.1 cm³/mol. The number of fused-ring (bicyclic) bond motifs is 1. The first-order chi connectivity index (χ1) is 9.13. The first-order valence-electron chi connectivity index (χ1n) is 6.65. The zero-order chi connectivity index (χ0) is 13.4. The maximum atomic E-state index is 11.3. The number of aromatic amines is 2. The van der Waals surface area contributed by atoms with Gasteiger partial charge in [-0.05, 0) is 30.0 Å². The summed E-state index contributed by atoms with van der Waals surface area (Å²) in [5.74, 6) is 0.736. The van der Waals surface area contributed by atoms with E-state index in [1.165, 1.54) is 19.3 Å². The minimum atomic E-state index is -0.628. The van der Waals surface area contributed by atoms with Crippen LogP contribution in [0.2, 0.25) is 0 Å². The summed E-state index contributed by atoms with van der Waals surface area (Å²) in [6.45, 7) is 0. The second-order valence-corrected chi connectivity index (χ2v) is 5.35. The van der Waals surface area contributed by atoms with Crippen molar-refractivity contribution in [1.82, 2.24) is 9.97 Å². The zero-order valence-corrected chi connectivity index (χ0v) is 10.6. The molecule has 0 amide bonds. The molecular formula is C14H17N3O2. The minimum absolute atomic E-state index is 0.00914. The third-order valence-corrected chi connectivity index (χ3v) is 3.99. The lowest BCUT2D eigenvalue weighted by Crippen LogP contribution is -2.29. The summed E-state index contributed by atoms with van der Waals surface area (Å²) < 4.78 is 0. The number of rotatable bonds is 3. The SMILES string of the molecule is NC(CC1CCC1)c1ccc2[nH]c(=O)c(=O)[nH]c2c1. The van der Waals surface area contributed by atoms with E-state index in [4.69, 9.17) is 5.73 Å². The highest BCUT2D eigenvalue weighted by Crippen LogP contribution is 2.34. The van der Waals surface area contributed by atoms with Crippen LogP contribution < -0.4 is 16.9 Å².